The van der Waals surface area contributed by atoms with Crippen molar-refractivity contribution < 1.29 is 9.59 Å². The number of imidazole rings is 1. The molecule has 5 aromatic rings. The summed E-state index contributed by atoms with van der Waals surface area (Å²) in [6, 6.07) is 12.5. The number of fused-ring (bicyclic) bond motifs is 1. The molecule has 1 aliphatic rings. The Morgan fingerprint density at radius 2 is 1.81 bits per heavy atom. The van der Waals surface area contributed by atoms with E-state index >= 15 is 0 Å². The van der Waals surface area contributed by atoms with E-state index in [1.165, 1.54) is 6.20 Å². The second kappa shape index (κ2) is 12.3. The maximum Gasteiger partial charge on any atom is 0.273 e. The first-order chi connectivity index (χ1) is 20.9. The Hall–Kier alpha value is -4.70. The quantitative estimate of drug-likeness (QED) is 0.226. The predicted molar refractivity (Wildman–Crippen MR) is 164 cm³/mol. The number of piperidine rings is 1. The number of halogens is 1. The maximum absolute atomic E-state index is 13.6. The van der Waals surface area contributed by atoms with Gasteiger partial charge < -0.3 is 10.2 Å². The maximum atomic E-state index is 13.6. The lowest BCUT2D eigenvalue weighted by atomic mass is 10.0. The average molecular weight is 595 g/mol. The first-order valence-electron chi connectivity index (χ1n) is 14.4. The van der Waals surface area contributed by atoms with E-state index in [1.54, 1.807) is 30.6 Å². The molecular formula is C32H31ClN8O2. The van der Waals surface area contributed by atoms with Gasteiger partial charge >= 0.3 is 0 Å². The fourth-order valence-electron chi connectivity index (χ4n) is 5.65. The molecule has 1 aromatic carbocycles. The van der Waals surface area contributed by atoms with Crippen LogP contribution in [0.3, 0.4) is 0 Å². The molecule has 0 radical (unpaired) electrons. The van der Waals surface area contributed by atoms with E-state index < -0.39 is 0 Å². The van der Waals surface area contributed by atoms with Gasteiger partial charge in [0.1, 0.15) is 17.3 Å². The minimum absolute atomic E-state index is 0.0352. The molecule has 1 saturated heterocycles. The number of benzene rings is 1. The van der Waals surface area contributed by atoms with Gasteiger partial charge in [-0.05, 0) is 80.1 Å². The first-order valence-corrected chi connectivity index (χ1v) is 14.8. The van der Waals surface area contributed by atoms with Crippen LogP contribution in [0, 0.1) is 6.92 Å². The highest BCUT2D eigenvalue weighted by molar-refractivity contribution is 6.28. The summed E-state index contributed by atoms with van der Waals surface area (Å²) >= 11 is 5.99. The van der Waals surface area contributed by atoms with Gasteiger partial charge in [-0.25, -0.2) is 19.9 Å². The van der Waals surface area contributed by atoms with Crippen LogP contribution in [0.2, 0.25) is 5.28 Å². The molecule has 0 saturated carbocycles. The summed E-state index contributed by atoms with van der Waals surface area (Å²) in [4.78, 5) is 50.4. The normalized spacial score (nSPS) is 15.0. The van der Waals surface area contributed by atoms with Crippen molar-refractivity contribution in [3.8, 4) is 11.3 Å². The number of aromatic nitrogens is 6. The number of carbonyl (C=O) groups is 2. The molecular weight excluding hydrogens is 564 g/mol. The Balaban J connectivity index is 1.32. The lowest BCUT2D eigenvalue weighted by Gasteiger charge is -2.34. The van der Waals surface area contributed by atoms with Gasteiger partial charge in [0.25, 0.3) is 11.8 Å². The van der Waals surface area contributed by atoms with Crippen LogP contribution in [0.5, 0.6) is 0 Å². The third-order valence-electron chi connectivity index (χ3n) is 7.70. The van der Waals surface area contributed by atoms with Gasteiger partial charge in [0.05, 0.1) is 22.9 Å². The molecule has 6 rings (SSSR count). The average Bonchev–Trinajstić information content (AvgIpc) is 3.42. The molecule has 1 atom stereocenters. The number of anilines is 1. The Morgan fingerprint density at radius 1 is 1.00 bits per heavy atom. The number of likely N-dealkylation sites (tertiary alicyclic amines) is 1. The van der Waals surface area contributed by atoms with Crippen LogP contribution in [0.15, 0.2) is 67.3 Å². The van der Waals surface area contributed by atoms with Crippen molar-refractivity contribution in [2.75, 3.05) is 11.9 Å². The fraction of sp³-hybridized carbons (Fsp3) is 0.281. The van der Waals surface area contributed by atoms with E-state index in [9.17, 15) is 9.59 Å². The van der Waals surface area contributed by atoms with Gasteiger partial charge in [-0.15, -0.1) is 0 Å². The van der Waals surface area contributed by atoms with Crippen LogP contribution in [-0.4, -0.2) is 52.6 Å². The summed E-state index contributed by atoms with van der Waals surface area (Å²) in [5.74, 6) is 0.844. The molecule has 0 aliphatic carbocycles. The number of nitrogens with zero attached hydrogens (tertiary/aromatic N) is 7. The summed E-state index contributed by atoms with van der Waals surface area (Å²) in [6.45, 7) is 4.64. The molecule has 11 heteroatoms. The largest absolute Gasteiger partial charge is 0.327 e. The van der Waals surface area contributed by atoms with E-state index in [0.29, 0.717) is 17.9 Å². The molecule has 1 aliphatic heterocycles. The second-order valence-electron chi connectivity index (χ2n) is 10.6. The summed E-state index contributed by atoms with van der Waals surface area (Å²) in [5, 5.41) is 2.94. The molecule has 0 spiro atoms. The minimum Gasteiger partial charge on any atom is -0.327 e. The number of amides is 2. The van der Waals surface area contributed by atoms with E-state index in [4.69, 9.17) is 16.6 Å². The van der Waals surface area contributed by atoms with Crippen LogP contribution in [-0.2, 0) is 6.42 Å². The highest BCUT2D eigenvalue weighted by Crippen LogP contribution is 2.36. The lowest BCUT2D eigenvalue weighted by Crippen LogP contribution is -2.39. The van der Waals surface area contributed by atoms with Crippen molar-refractivity contribution in [3.63, 3.8) is 0 Å². The molecule has 5 heterocycles. The van der Waals surface area contributed by atoms with Crippen LogP contribution < -0.4 is 5.32 Å². The summed E-state index contributed by atoms with van der Waals surface area (Å²) in [7, 11) is 0. The fourth-order valence-corrected chi connectivity index (χ4v) is 5.80. The number of hydrogen-bond acceptors (Lipinski definition) is 7. The van der Waals surface area contributed by atoms with Gasteiger partial charge in [0.2, 0.25) is 5.28 Å². The lowest BCUT2D eigenvalue weighted by molar-refractivity contribution is 0.0593. The van der Waals surface area contributed by atoms with Gasteiger partial charge in [0, 0.05) is 42.5 Å². The van der Waals surface area contributed by atoms with Crippen molar-refractivity contribution in [2.24, 2.45) is 0 Å². The van der Waals surface area contributed by atoms with Crippen molar-refractivity contribution in [1.82, 2.24) is 34.2 Å². The zero-order chi connectivity index (χ0) is 29.9. The van der Waals surface area contributed by atoms with Crippen LogP contribution >= 0.6 is 11.6 Å². The number of nitrogens with one attached hydrogen (secondary N) is 1. The Bertz CT molecular complexity index is 1800. The molecule has 43 heavy (non-hydrogen) atoms. The molecule has 1 N–H and O–H groups in total. The Morgan fingerprint density at radius 3 is 2.60 bits per heavy atom. The zero-order valence-electron chi connectivity index (χ0n) is 24.0. The highest BCUT2D eigenvalue weighted by Gasteiger charge is 2.33. The Kier molecular flexibility index (Phi) is 8.11. The topological polar surface area (TPSA) is 118 Å². The van der Waals surface area contributed by atoms with Gasteiger partial charge in [-0.2, -0.15) is 0 Å². The number of rotatable bonds is 7. The number of carbonyl (C=O) groups excluding carboxylic acids is 2. The molecule has 2 amide bonds. The monoisotopic (exact) mass is 594 g/mol. The van der Waals surface area contributed by atoms with Gasteiger partial charge in [-0.3, -0.25) is 19.0 Å². The van der Waals surface area contributed by atoms with E-state index in [2.05, 4.69) is 32.2 Å². The van der Waals surface area contributed by atoms with E-state index in [0.717, 1.165) is 66.0 Å². The molecule has 10 nitrogen and oxygen atoms in total. The third kappa shape index (κ3) is 5.83. The minimum atomic E-state index is -0.265. The number of pyridine rings is 1. The van der Waals surface area contributed by atoms with E-state index in [-0.39, 0.29) is 28.8 Å². The Labute approximate surface area is 254 Å². The van der Waals surface area contributed by atoms with Gasteiger partial charge in [-0.1, -0.05) is 25.5 Å². The van der Waals surface area contributed by atoms with Crippen molar-refractivity contribution in [2.45, 2.75) is 52.0 Å². The van der Waals surface area contributed by atoms with Gasteiger partial charge in [0.15, 0.2) is 0 Å². The molecule has 218 valence electrons. The van der Waals surface area contributed by atoms with Crippen molar-refractivity contribution >= 4 is 34.7 Å². The van der Waals surface area contributed by atoms with Crippen molar-refractivity contribution in [1.29, 1.82) is 0 Å². The van der Waals surface area contributed by atoms with Crippen LogP contribution in [0.1, 0.15) is 76.6 Å². The summed E-state index contributed by atoms with van der Waals surface area (Å²) < 4.78 is 2.02. The summed E-state index contributed by atoms with van der Waals surface area (Å²) in [6.07, 6.45) is 11.4. The highest BCUT2D eigenvalue weighted by atomic mass is 35.5. The standard InChI is InChI=1S/C32H31ClN8O2/c1-3-6-21-12-14-35-26(19-21)38-30(42)23-10-8-22(9-11-23)27-28-20(2)34-16-18-41(28)29(39-27)25-7-4-5-17-40(25)31(43)24-13-15-36-32(33)37-24/h8-16,18-19,25H,3-7,17H2,1-2H3,(H,35,38,42). The zero-order valence-corrected chi connectivity index (χ0v) is 24.8. The molecule has 1 unspecified atom stereocenters. The molecule has 1 fully saturated rings. The second-order valence-corrected chi connectivity index (χ2v) is 10.9. The van der Waals surface area contributed by atoms with Crippen molar-refractivity contribution in [3.05, 3.63) is 101 Å². The first kappa shape index (κ1) is 28.4. The number of hydrogen-bond donors (Lipinski definition) is 1. The van der Waals surface area contributed by atoms with Crippen LogP contribution in [0.25, 0.3) is 16.8 Å². The van der Waals surface area contributed by atoms with E-state index in [1.807, 2.05) is 46.7 Å². The van der Waals surface area contributed by atoms with Crippen LogP contribution in [0.4, 0.5) is 5.82 Å². The smallest absolute Gasteiger partial charge is 0.273 e. The predicted octanol–water partition coefficient (Wildman–Crippen LogP) is 6.12. The molecule has 4 aromatic heterocycles. The molecule has 0 bridgehead atoms. The third-order valence-corrected chi connectivity index (χ3v) is 7.88. The summed E-state index contributed by atoms with van der Waals surface area (Å²) in [5.41, 5.74) is 5.15. The SMILES string of the molecule is CCCc1ccnc(NC(=O)c2ccc(-c3nc(C4CCCCN4C(=O)c4ccnc(Cl)n4)n4ccnc(C)c34)cc2)c1. The number of aryl methyl sites for hydroxylation is 2.